The SMILES string of the molecule is O=C1C2C(C(=O)N1c1cccc(Br)c1)N1C(c3cccc([N+](=O)[O-])c3)C3C(=O)N(c4cccc(Br)c4)C(=O)C3N1C2c1cccc([N+](=O)[O-])c1. The molecule has 14 nitrogen and oxygen atoms in total. The number of nitrogens with zero attached hydrogens (tertiary/aromatic N) is 6. The van der Waals surface area contributed by atoms with Crippen molar-refractivity contribution in [3.05, 3.63) is 137 Å². The number of non-ortho nitro benzene ring substituents is 2. The topological polar surface area (TPSA) is 168 Å². The van der Waals surface area contributed by atoms with E-state index < -0.39 is 69.5 Å². The van der Waals surface area contributed by atoms with Crippen LogP contribution in [0.4, 0.5) is 22.7 Å². The van der Waals surface area contributed by atoms with Crippen LogP contribution in [0.2, 0.25) is 0 Å². The summed E-state index contributed by atoms with van der Waals surface area (Å²) < 4.78 is 1.22. The Morgan fingerprint density at radius 2 is 0.880 bits per heavy atom. The van der Waals surface area contributed by atoms with E-state index in [1.807, 2.05) is 0 Å². The van der Waals surface area contributed by atoms with Crippen molar-refractivity contribution < 1.29 is 29.0 Å². The molecule has 4 aliphatic heterocycles. The van der Waals surface area contributed by atoms with Gasteiger partial charge < -0.3 is 0 Å². The molecule has 4 aliphatic rings. The molecule has 8 rings (SSSR count). The van der Waals surface area contributed by atoms with Gasteiger partial charge in [-0.15, -0.1) is 0 Å². The van der Waals surface area contributed by atoms with Crippen LogP contribution in [0.25, 0.3) is 0 Å². The van der Waals surface area contributed by atoms with Gasteiger partial charge in [-0.25, -0.2) is 19.8 Å². The fraction of sp³-hybridized carbons (Fsp3) is 0.176. The van der Waals surface area contributed by atoms with Crippen molar-refractivity contribution in [2.45, 2.75) is 24.2 Å². The smallest absolute Gasteiger partial charge is 0.269 e. The minimum atomic E-state index is -1.26. The maximum atomic E-state index is 14.6. The highest BCUT2D eigenvalue weighted by molar-refractivity contribution is 9.10. The van der Waals surface area contributed by atoms with Crippen LogP contribution in [0.1, 0.15) is 23.2 Å². The number of carbonyl (C=O) groups is 4. The number of hydrogen-bond acceptors (Lipinski definition) is 10. The molecule has 4 aromatic rings. The van der Waals surface area contributed by atoms with Gasteiger partial charge in [0.25, 0.3) is 23.2 Å². The second-order valence-corrected chi connectivity index (χ2v) is 14.1. The minimum Gasteiger partial charge on any atom is -0.274 e. The van der Waals surface area contributed by atoms with Gasteiger partial charge >= 0.3 is 0 Å². The van der Waals surface area contributed by atoms with Crippen molar-refractivity contribution in [1.29, 1.82) is 0 Å². The molecule has 0 aliphatic carbocycles. The first kappa shape index (κ1) is 32.1. The largest absolute Gasteiger partial charge is 0.274 e. The van der Waals surface area contributed by atoms with Gasteiger partial charge in [-0.3, -0.25) is 39.4 Å². The summed E-state index contributed by atoms with van der Waals surface area (Å²) in [6.07, 6.45) is 0. The average molecular weight is 802 g/mol. The number of amides is 4. The van der Waals surface area contributed by atoms with Crippen molar-refractivity contribution in [1.82, 2.24) is 10.0 Å². The van der Waals surface area contributed by atoms with Crippen molar-refractivity contribution in [3.63, 3.8) is 0 Å². The molecule has 16 heteroatoms. The standard InChI is InChI=1S/C34H22Br2N6O8/c35-19-7-3-9-21(15-19)37-31(43)25-27(17-5-1-11-23(13-17)41(47)48)39-30-26(32(44)38(34(30)46)22-10-4-8-20(36)16-22)28(40(39)29(25)33(37)45)18-6-2-12-24(14-18)42(49)50/h1-16,25-30H. The number of hydrazine groups is 1. The summed E-state index contributed by atoms with van der Waals surface area (Å²) in [6.45, 7) is 0. The Morgan fingerprint density at radius 1 is 0.500 bits per heavy atom. The molecule has 0 radical (unpaired) electrons. The number of fused-ring (bicyclic) bond motifs is 5. The summed E-state index contributed by atoms with van der Waals surface area (Å²) in [4.78, 5) is 83.0. The van der Waals surface area contributed by atoms with Gasteiger partial charge in [0, 0.05) is 33.2 Å². The molecule has 0 bridgehead atoms. The highest BCUT2D eigenvalue weighted by atomic mass is 79.9. The van der Waals surface area contributed by atoms with E-state index in [0.29, 0.717) is 8.95 Å². The molecule has 0 N–H and O–H groups in total. The van der Waals surface area contributed by atoms with Crippen molar-refractivity contribution >= 4 is 78.2 Å². The molecule has 0 spiro atoms. The molecule has 4 aromatic carbocycles. The summed E-state index contributed by atoms with van der Waals surface area (Å²) >= 11 is 6.78. The van der Waals surface area contributed by atoms with E-state index in [9.17, 15) is 39.4 Å². The molecule has 6 unspecified atom stereocenters. The number of halogens is 2. The van der Waals surface area contributed by atoms with E-state index in [1.54, 1.807) is 70.7 Å². The third-order valence-corrected chi connectivity index (χ3v) is 10.7. The maximum Gasteiger partial charge on any atom is 0.269 e. The second kappa shape index (κ2) is 11.7. The molecule has 4 saturated heterocycles. The van der Waals surface area contributed by atoms with Gasteiger partial charge in [0.1, 0.15) is 12.1 Å². The Bertz CT molecular complexity index is 2050. The summed E-state index contributed by atoms with van der Waals surface area (Å²) in [5.74, 6) is -4.80. The van der Waals surface area contributed by atoms with E-state index in [2.05, 4.69) is 31.9 Å². The van der Waals surface area contributed by atoms with Crippen LogP contribution >= 0.6 is 31.9 Å². The molecule has 4 amide bonds. The van der Waals surface area contributed by atoms with Crippen molar-refractivity contribution in [2.75, 3.05) is 9.80 Å². The lowest BCUT2D eigenvalue weighted by atomic mass is 9.84. The number of imide groups is 2. The first-order chi connectivity index (χ1) is 24.0. The first-order valence-electron chi connectivity index (χ1n) is 15.3. The molecule has 250 valence electrons. The fourth-order valence-electron chi connectivity index (χ4n) is 7.88. The fourth-order valence-corrected chi connectivity index (χ4v) is 8.66. The molecule has 6 atom stereocenters. The van der Waals surface area contributed by atoms with Crippen molar-refractivity contribution in [3.8, 4) is 0 Å². The number of hydrogen-bond donors (Lipinski definition) is 0. The Morgan fingerprint density at radius 3 is 1.24 bits per heavy atom. The van der Waals surface area contributed by atoms with Gasteiger partial charge in [-0.05, 0) is 47.5 Å². The van der Waals surface area contributed by atoms with Crippen LogP contribution < -0.4 is 9.80 Å². The third kappa shape index (κ3) is 4.66. The summed E-state index contributed by atoms with van der Waals surface area (Å²) in [5, 5.41) is 26.9. The monoisotopic (exact) mass is 800 g/mol. The summed E-state index contributed by atoms with van der Waals surface area (Å²) in [6, 6.07) is 19.7. The number of nitro groups is 2. The van der Waals surface area contributed by atoms with E-state index >= 15 is 0 Å². The normalized spacial score (nSPS) is 26.0. The zero-order valence-corrected chi connectivity index (χ0v) is 28.6. The highest BCUT2D eigenvalue weighted by Gasteiger charge is 2.73. The first-order valence-corrected chi connectivity index (χ1v) is 16.9. The highest BCUT2D eigenvalue weighted by Crippen LogP contribution is 2.60. The van der Waals surface area contributed by atoms with E-state index in [4.69, 9.17) is 0 Å². The summed E-state index contributed by atoms with van der Waals surface area (Å²) in [5.41, 5.74) is 0.601. The predicted molar refractivity (Wildman–Crippen MR) is 183 cm³/mol. The van der Waals surface area contributed by atoms with Crippen molar-refractivity contribution in [2.24, 2.45) is 11.8 Å². The number of carbonyl (C=O) groups excluding carboxylic acids is 4. The number of anilines is 2. The quantitative estimate of drug-likeness (QED) is 0.139. The van der Waals surface area contributed by atoms with Crippen LogP contribution in [-0.2, 0) is 19.2 Å². The zero-order chi connectivity index (χ0) is 35.2. The average Bonchev–Trinajstić information content (AvgIpc) is 3.76. The number of nitro benzene ring substituents is 2. The van der Waals surface area contributed by atoms with Crippen LogP contribution in [0.5, 0.6) is 0 Å². The van der Waals surface area contributed by atoms with Gasteiger partial charge in [0.2, 0.25) is 11.8 Å². The Balaban J connectivity index is 1.36. The lowest BCUT2D eigenvalue weighted by Gasteiger charge is -2.35. The maximum absolute atomic E-state index is 14.6. The van der Waals surface area contributed by atoms with Crippen LogP contribution in [0.15, 0.2) is 106 Å². The second-order valence-electron chi connectivity index (χ2n) is 12.3. The lowest BCUT2D eigenvalue weighted by Crippen LogP contribution is -2.50. The number of rotatable bonds is 6. The van der Waals surface area contributed by atoms with E-state index in [0.717, 1.165) is 9.80 Å². The lowest BCUT2D eigenvalue weighted by molar-refractivity contribution is -0.385. The molecule has 4 heterocycles. The van der Waals surface area contributed by atoms with E-state index in [-0.39, 0.29) is 33.9 Å². The summed E-state index contributed by atoms with van der Waals surface area (Å²) in [7, 11) is 0. The Labute approximate surface area is 299 Å². The molecule has 0 saturated carbocycles. The van der Waals surface area contributed by atoms with E-state index in [1.165, 1.54) is 36.4 Å². The predicted octanol–water partition coefficient (Wildman–Crippen LogP) is 5.47. The molecule has 50 heavy (non-hydrogen) atoms. The van der Waals surface area contributed by atoms with Gasteiger partial charge in [-0.2, -0.15) is 0 Å². The molecule has 4 fully saturated rings. The Kier molecular flexibility index (Phi) is 7.52. The van der Waals surface area contributed by atoms with Gasteiger partial charge in [0.15, 0.2) is 0 Å². The van der Waals surface area contributed by atoms with Gasteiger partial charge in [-0.1, -0.05) is 68.3 Å². The molecular formula is C34H22Br2N6O8. The van der Waals surface area contributed by atoms with Crippen LogP contribution in [-0.4, -0.2) is 55.6 Å². The molecule has 0 aromatic heterocycles. The Hall–Kier alpha value is -5.16. The third-order valence-electron chi connectivity index (χ3n) is 9.70. The minimum absolute atomic E-state index is 0.270. The molecular weight excluding hydrogens is 780 g/mol. The van der Waals surface area contributed by atoms with Gasteiger partial charge in [0.05, 0.1) is 45.1 Å². The van der Waals surface area contributed by atoms with Crippen LogP contribution in [0, 0.1) is 32.1 Å². The van der Waals surface area contributed by atoms with Crippen LogP contribution in [0.3, 0.4) is 0 Å². The zero-order valence-electron chi connectivity index (χ0n) is 25.4. The number of benzene rings is 4.